The predicted molar refractivity (Wildman–Crippen MR) is 89.7 cm³/mol. The third-order valence-electron chi connectivity index (χ3n) is 3.29. The van der Waals surface area contributed by atoms with Gasteiger partial charge in [0.05, 0.1) is 12.1 Å². The van der Waals surface area contributed by atoms with E-state index in [2.05, 4.69) is 0 Å². The topological polar surface area (TPSA) is 95.5 Å². The molecule has 0 saturated heterocycles. The van der Waals surface area contributed by atoms with E-state index in [1.54, 1.807) is 48.5 Å². The van der Waals surface area contributed by atoms with Gasteiger partial charge in [-0.1, -0.05) is 60.7 Å². The molecular formula is C14H16N2O5Si2. The third-order valence-corrected chi connectivity index (χ3v) is 8.39. The Morgan fingerprint density at radius 2 is 1.09 bits per heavy atom. The summed E-state index contributed by atoms with van der Waals surface area (Å²) in [5, 5.41) is 22.5. The molecule has 2 unspecified atom stereocenters. The van der Waals surface area contributed by atoms with Crippen LogP contribution in [0.4, 0.5) is 0 Å². The Balaban J connectivity index is 2.08. The fourth-order valence-electron chi connectivity index (χ4n) is 2.16. The van der Waals surface area contributed by atoms with Gasteiger partial charge in [-0.15, -0.1) is 0 Å². The summed E-state index contributed by atoms with van der Waals surface area (Å²) in [7, 11) is -5.89. The Bertz CT molecular complexity index is 599. The summed E-state index contributed by atoms with van der Waals surface area (Å²) in [5.74, 6) is 0. The minimum absolute atomic E-state index is 0.153. The van der Waals surface area contributed by atoms with Crippen LogP contribution in [0.3, 0.4) is 0 Å². The number of rotatable bonds is 8. The van der Waals surface area contributed by atoms with Crippen molar-refractivity contribution in [1.82, 2.24) is 0 Å². The predicted octanol–water partition coefficient (Wildman–Crippen LogP) is 1.56. The molecule has 0 aliphatic heterocycles. The van der Waals surface area contributed by atoms with Crippen LogP contribution in [0.15, 0.2) is 60.7 Å². The lowest BCUT2D eigenvalue weighted by Gasteiger charge is -2.11. The molecule has 0 amide bonds. The van der Waals surface area contributed by atoms with Crippen molar-refractivity contribution < 1.29 is 13.3 Å². The molecule has 0 spiro atoms. The van der Waals surface area contributed by atoms with Crippen LogP contribution in [-0.2, 0) is 16.2 Å². The average Bonchev–Trinajstić information content (AvgIpc) is 2.55. The molecule has 0 saturated carbocycles. The first-order chi connectivity index (χ1) is 11.1. The molecular weight excluding hydrogens is 332 g/mol. The van der Waals surface area contributed by atoms with Crippen LogP contribution in [0.2, 0.25) is 0 Å². The molecule has 120 valence electrons. The minimum atomic E-state index is -2.95. The largest absolute Gasteiger partial charge is 0.558 e. The van der Waals surface area contributed by atoms with Crippen molar-refractivity contribution in [2.24, 2.45) is 0 Å². The van der Waals surface area contributed by atoms with Crippen LogP contribution < -0.4 is 0 Å². The molecule has 0 fully saturated rings. The van der Waals surface area contributed by atoms with E-state index in [9.17, 15) is 20.2 Å². The van der Waals surface area contributed by atoms with Gasteiger partial charge < -0.3 is 4.12 Å². The Hall–Kier alpha value is -2.37. The van der Waals surface area contributed by atoms with Gasteiger partial charge in [0.1, 0.15) is 0 Å². The highest BCUT2D eigenvalue weighted by atomic mass is 28.4. The SMILES string of the molecule is O=[N+]([O-])[SiH](Cc1ccccc1)O[SiH](Cc1ccccc1)[N+](=O)[O-]. The molecule has 0 aliphatic rings. The Morgan fingerprint density at radius 1 is 0.739 bits per heavy atom. The zero-order valence-electron chi connectivity index (χ0n) is 12.3. The maximum atomic E-state index is 11.3. The quantitative estimate of drug-likeness (QED) is 0.410. The highest BCUT2D eigenvalue weighted by Gasteiger charge is 2.40. The molecule has 2 aromatic carbocycles. The van der Waals surface area contributed by atoms with Crippen molar-refractivity contribution in [2.45, 2.75) is 12.1 Å². The van der Waals surface area contributed by atoms with Gasteiger partial charge in [0.15, 0.2) is 0 Å². The first-order valence-corrected chi connectivity index (χ1v) is 10.7. The van der Waals surface area contributed by atoms with Gasteiger partial charge in [0.25, 0.3) is 0 Å². The molecule has 0 bridgehead atoms. The molecule has 0 heterocycles. The minimum Gasteiger partial charge on any atom is -0.349 e. The lowest BCUT2D eigenvalue weighted by atomic mass is 10.2. The van der Waals surface area contributed by atoms with Crippen molar-refractivity contribution in [3.05, 3.63) is 92.0 Å². The first-order valence-electron chi connectivity index (χ1n) is 7.06. The second-order valence-corrected chi connectivity index (χ2v) is 9.56. The van der Waals surface area contributed by atoms with E-state index >= 15 is 0 Å². The molecule has 0 radical (unpaired) electrons. The molecule has 2 atom stereocenters. The van der Waals surface area contributed by atoms with E-state index < -0.39 is 27.6 Å². The van der Waals surface area contributed by atoms with Crippen LogP contribution in [-0.4, -0.2) is 27.6 Å². The number of nitrogens with zero attached hydrogens (tertiary/aromatic N) is 2. The molecule has 0 aliphatic carbocycles. The van der Waals surface area contributed by atoms with Gasteiger partial charge >= 0.3 is 18.4 Å². The van der Waals surface area contributed by atoms with Crippen molar-refractivity contribution in [2.75, 3.05) is 0 Å². The maximum Gasteiger partial charge on any atom is 0.558 e. The van der Waals surface area contributed by atoms with Gasteiger partial charge in [-0.3, -0.25) is 20.2 Å². The van der Waals surface area contributed by atoms with Gasteiger partial charge in [0.2, 0.25) is 0 Å². The summed E-state index contributed by atoms with van der Waals surface area (Å²) in [4.78, 5) is 22.5. The molecule has 2 aromatic rings. The van der Waals surface area contributed by atoms with E-state index in [-0.39, 0.29) is 12.1 Å². The Morgan fingerprint density at radius 3 is 1.39 bits per heavy atom. The number of hydrogen-bond donors (Lipinski definition) is 0. The second kappa shape index (κ2) is 8.31. The summed E-state index contributed by atoms with van der Waals surface area (Å²) in [5.41, 5.74) is 1.55. The summed E-state index contributed by atoms with van der Waals surface area (Å²) in [6.45, 7) is 0. The molecule has 23 heavy (non-hydrogen) atoms. The molecule has 0 N–H and O–H groups in total. The van der Waals surface area contributed by atoms with Gasteiger partial charge in [-0.05, 0) is 20.3 Å². The summed E-state index contributed by atoms with van der Waals surface area (Å²) < 4.78 is 4.55. The fraction of sp³-hybridized carbons (Fsp3) is 0.143. The van der Waals surface area contributed by atoms with Gasteiger partial charge in [-0.25, -0.2) is 0 Å². The Kier molecular flexibility index (Phi) is 6.14. The fourth-order valence-corrected chi connectivity index (χ4v) is 6.82. The van der Waals surface area contributed by atoms with E-state index in [4.69, 9.17) is 4.12 Å². The lowest BCUT2D eigenvalue weighted by molar-refractivity contribution is -0.369. The number of nitro groups is 2. The van der Waals surface area contributed by atoms with E-state index in [1.807, 2.05) is 12.1 Å². The zero-order chi connectivity index (χ0) is 16.7. The second-order valence-electron chi connectivity index (χ2n) is 5.00. The van der Waals surface area contributed by atoms with Crippen LogP contribution >= 0.6 is 0 Å². The zero-order valence-corrected chi connectivity index (χ0v) is 14.6. The van der Waals surface area contributed by atoms with Crippen LogP contribution in [0.1, 0.15) is 11.1 Å². The molecule has 2 rings (SSSR count). The third kappa shape index (κ3) is 5.40. The normalized spacial score (nSPS) is 13.2. The van der Waals surface area contributed by atoms with Gasteiger partial charge in [0, 0.05) is 0 Å². The highest BCUT2D eigenvalue weighted by molar-refractivity contribution is 6.57. The van der Waals surface area contributed by atoms with E-state index in [0.29, 0.717) is 0 Å². The summed E-state index contributed by atoms with van der Waals surface area (Å²) >= 11 is 0. The Labute approximate surface area is 136 Å². The molecule has 0 aromatic heterocycles. The van der Waals surface area contributed by atoms with Crippen LogP contribution in [0.5, 0.6) is 0 Å². The van der Waals surface area contributed by atoms with Crippen molar-refractivity contribution in [3.8, 4) is 0 Å². The summed E-state index contributed by atoms with van der Waals surface area (Å²) in [6.07, 6.45) is 0. The highest BCUT2D eigenvalue weighted by Crippen LogP contribution is 2.09. The monoisotopic (exact) mass is 348 g/mol. The van der Waals surface area contributed by atoms with E-state index in [0.717, 1.165) is 11.1 Å². The maximum absolute atomic E-state index is 11.3. The smallest absolute Gasteiger partial charge is 0.349 e. The van der Waals surface area contributed by atoms with E-state index in [1.165, 1.54) is 0 Å². The number of hydrogen-bond acceptors (Lipinski definition) is 5. The number of benzene rings is 2. The van der Waals surface area contributed by atoms with Crippen LogP contribution in [0.25, 0.3) is 0 Å². The van der Waals surface area contributed by atoms with Crippen LogP contribution in [0, 0.1) is 20.2 Å². The van der Waals surface area contributed by atoms with Gasteiger partial charge in [-0.2, -0.15) is 0 Å². The molecule has 7 nitrogen and oxygen atoms in total. The lowest BCUT2D eigenvalue weighted by Crippen LogP contribution is -2.43. The average molecular weight is 348 g/mol. The van der Waals surface area contributed by atoms with Crippen molar-refractivity contribution in [3.63, 3.8) is 0 Å². The summed E-state index contributed by atoms with van der Waals surface area (Å²) in [6, 6.07) is 18.2. The standard InChI is InChI=1S/C14H16N2O5Si2/c17-15(18)22(11-13-7-3-1-4-8-13)21-23(16(19)20)12-14-9-5-2-6-10-14/h1-10,22-23H,11-12H2. The first kappa shape index (κ1) is 17.0. The van der Waals surface area contributed by atoms with Crippen molar-refractivity contribution >= 4 is 18.4 Å². The van der Waals surface area contributed by atoms with Crippen molar-refractivity contribution in [1.29, 1.82) is 0 Å². The molecule has 9 heteroatoms.